The fraction of sp³-hybridized carbons (Fsp3) is 0.316. The first-order valence-electron chi connectivity index (χ1n) is 8.41. The molecule has 0 spiro atoms. The van der Waals surface area contributed by atoms with Crippen LogP contribution in [0.5, 0.6) is 0 Å². The van der Waals surface area contributed by atoms with E-state index in [9.17, 15) is 19.8 Å². The number of carbonyl (C=O) groups excluding carboxylic acids is 2. The average Bonchev–Trinajstić information content (AvgIpc) is 2.70. The van der Waals surface area contributed by atoms with Gasteiger partial charge in [0.1, 0.15) is 0 Å². The van der Waals surface area contributed by atoms with Gasteiger partial charge in [0.05, 0.1) is 0 Å². The van der Waals surface area contributed by atoms with Crippen LogP contribution in [0.2, 0.25) is 5.02 Å². The summed E-state index contributed by atoms with van der Waals surface area (Å²) >= 11 is 5.79. The van der Waals surface area contributed by atoms with Crippen LogP contribution in [0.3, 0.4) is 0 Å². The number of aliphatic hydroxyl groups is 2. The molecule has 3 N–H and O–H groups in total. The Balaban J connectivity index is 1.82. The Morgan fingerprint density at radius 3 is 2.48 bits per heavy atom. The number of aliphatic hydroxyl groups excluding tert-OH is 2. The summed E-state index contributed by atoms with van der Waals surface area (Å²) in [5.41, 5.74) is 1.57. The molecule has 0 aliphatic heterocycles. The van der Waals surface area contributed by atoms with Crippen LogP contribution >= 0.6 is 11.6 Å². The summed E-state index contributed by atoms with van der Waals surface area (Å²) < 4.78 is 0. The number of nitrogens with zero attached hydrogens (tertiary/aromatic N) is 2. The number of carbonyl (C=O) groups is 2. The highest BCUT2D eigenvalue weighted by atomic mass is 35.5. The summed E-state index contributed by atoms with van der Waals surface area (Å²) in [6, 6.07) is 12.3. The van der Waals surface area contributed by atoms with E-state index in [1.165, 1.54) is 11.9 Å². The average molecular weight is 392 g/mol. The van der Waals surface area contributed by atoms with Crippen molar-refractivity contribution in [2.24, 2.45) is 0 Å². The lowest BCUT2D eigenvalue weighted by Crippen LogP contribution is -2.50. The Kier molecular flexibility index (Phi) is 7.72. The van der Waals surface area contributed by atoms with Crippen molar-refractivity contribution >= 4 is 23.4 Å². The molecule has 0 aliphatic rings. The number of hydrogen-bond acceptors (Lipinski definition) is 5. The molecular formula is C19H22ClN3O4. The number of rotatable bonds is 8. The van der Waals surface area contributed by atoms with Crippen molar-refractivity contribution in [1.29, 1.82) is 0 Å². The molecule has 2 amide bonds. The van der Waals surface area contributed by atoms with Gasteiger partial charge in [-0.2, -0.15) is 0 Å². The molecule has 144 valence electrons. The number of nitrogens with one attached hydrogen (secondary N) is 1. The monoisotopic (exact) mass is 391 g/mol. The van der Waals surface area contributed by atoms with Crippen molar-refractivity contribution < 1.29 is 19.8 Å². The van der Waals surface area contributed by atoms with E-state index in [0.717, 1.165) is 11.3 Å². The number of aromatic nitrogens is 1. The van der Waals surface area contributed by atoms with Crippen LogP contribution in [-0.4, -0.2) is 57.7 Å². The topological polar surface area (TPSA) is 103 Å². The summed E-state index contributed by atoms with van der Waals surface area (Å²) in [5.74, 6) is -1.57. The van der Waals surface area contributed by atoms with Crippen LogP contribution in [-0.2, 0) is 22.6 Å². The molecule has 0 saturated heterocycles. The second-order valence-electron chi connectivity index (χ2n) is 6.06. The maximum Gasteiger partial charge on any atom is 0.254 e. The van der Waals surface area contributed by atoms with E-state index in [2.05, 4.69) is 10.3 Å². The van der Waals surface area contributed by atoms with Gasteiger partial charge in [-0.05, 0) is 29.8 Å². The van der Waals surface area contributed by atoms with E-state index in [1.54, 1.807) is 36.5 Å². The predicted molar refractivity (Wildman–Crippen MR) is 101 cm³/mol. The number of pyridine rings is 1. The standard InChI is InChI=1S/C19H22ClN3O4/c1-23(11-9-15-4-2-3-10-21-15)19(27)17(25)16(24)18(26)22-12-13-5-7-14(20)8-6-13/h2-8,10,16-17,24-25H,9,11-12H2,1H3,(H,22,26). The van der Waals surface area contributed by atoms with Gasteiger partial charge in [-0.1, -0.05) is 29.8 Å². The first-order valence-corrected chi connectivity index (χ1v) is 8.79. The second kappa shape index (κ2) is 10.0. The largest absolute Gasteiger partial charge is 0.380 e. The molecule has 0 fully saturated rings. The normalized spacial score (nSPS) is 12.9. The molecule has 2 aromatic rings. The molecule has 0 radical (unpaired) electrons. The smallest absolute Gasteiger partial charge is 0.254 e. The van der Waals surface area contributed by atoms with Crippen LogP contribution in [0.25, 0.3) is 0 Å². The number of halogens is 1. The summed E-state index contributed by atoms with van der Waals surface area (Å²) in [6.45, 7) is 0.440. The molecule has 1 aromatic heterocycles. The van der Waals surface area contributed by atoms with Gasteiger partial charge in [-0.15, -0.1) is 0 Å². The van der Waals surface area contributed by atoms with Crippen LogP contribution in [0.4, 0.5) is 0 Å². The molecular weight excluding hydrogens is 370 g/mol. The molecule has 1 heterocycles. The third-order valence-electron chi connectivity index (χ3n) is 4.01. The summed E-state index contributed by atoms with van der Waals surface area (Å²) in [4.78, 5) is 29.6. The first kappa shape index (κ1) is 20.8. The lowest BCUT2D eigenvalue weighted by Gasteiger charge is -2.23. The minimum absolute atomic E-state index is 0.142. The third-order valence-corrected chi connectivity index (χ3v) is 4.26. The summed E-state index contributed by atoms with van der Waals surface area (Å²) in [6.07, 6.45) is -1.55. The molecule has 0 saturated carbocycles. The first-order chi connectivity index (χ1) is 12.9. The van der Waals surface area contributed by atoms with Crippen molar-refractivity contribution in [3.05, 3.63) is 64.9 Å². The highest BCUT2D eigenvalue weighted by Crippen LogP contribution is 2.09. The molecule has 2 unspecified atom stereocenters. The van der Waals surface area contributed by atoms with E-state index in [4.69, 9.17) is 11.6 Å². The van der Waals surface area contributed by atoms with E-state index < -0.39 is 24.0 Å². The van der Waals surface area contributed by atoms with Gasteiger partial charge in [0, 0.05) is 43.5 Å². The zero-order chi connectivity index (χ0) is 19.8. The maximum atomic E-state index is 12.2. The summed E-state index contributed by atoms with van der Waals surface area (Å²) in [7, 11) is 1.49. The Morgan fingerprint density at radius 2 is 1.85 bits per heavy atom. The van der Waals surface area contributed by atoms with Crippen molar-refractivity contribution in [2.45, 2.75) is 25.2 Å². The van der Waals surface area contributed by atoms with Gasteiger partial charge in [-0.25, -0.2) is 0 Å². The maximum absolute atomic E-state index is 12.2. The second-order valence-corrected chi connectivity index (χ2v) is 6.50. The van der Waals surface area contributed by atoms with E-state index >= 15 is 0 Å². The van der Waals surface area contributed by atoms with Gasteiger partial charge in [0.2, 0.25) is 0 Å². The van der Waals surface area contributed by atoms with Crippen molar-refractivity contribution in [2.75, 3.05) is 13.6 Å². The number of hydrogen-bond donors (Lipinski definition) is 3. The zero-order valence-corrected chi connectivity index (χ0v) is 15.6. The van der Waals surface area contributed by atoms with Gasteiger partial charge < -0.3 is 20.4 Å². The number of likely N-dealkylation sites (N-methyl/N-ethyl adjacent to an activating group) is 1. The SMILES string of the molecule is CN(CCc1ccccn1)C(=O)C(O)C(O)C(=O)NCc1ccc(Cl)cc1. The lowest BCUT2D eigenvalue weighted by atomic mass is 10.1. The van der Waals surface area contributed by atoms with Gasteiger partial charge in [0.25, 0.3) is 11.8 Å². The molecule has 8 heteroatoms. The van der Waals surface area contributed by atoms with E-state index in [1.807, 2.05) is 12.1 Å². The third kappa shape index (κ3) is 6.32. The molecule has 0 bridgehead atoms. The minimum Gasteiger partial charge on any atom is -0.380 e. The van der Waals surface area contributed by atoms with E-state index in [-0.39, 0.29) is 6.54 Å². The lowest BCUT2D eigenvalue weighted by molar-refractivity contribution is -0.152. The highest BCUT2D eigenvalue weighted by Gasteiger charge is 2.32. The summed E-state index contributed by atoms with van der Waals surface area (Å²) in [5, 5.41) is 23.0. The highest BCUT2D eigenvalue weighted by molar-refractivity contribution is 6.30. The van der Waals surface area contributed by atoms with Crippen molar-refractivity contribution in [3.8, 4) is 0 Å². The molecule has 1 aromatic carbocycles. The predicted octanol–water partition coefficient (Wildman–Crippen LogP) is 0.774. The Bertz CT molecular complexity index is 755. The fourth-order valence-corrected chi connectivity index (χ4v) is 2.46. The number of benzene rings is 1. The Hall–Kier alpha value is -2.48. The van der Waals surface area contributed by atoms with Crippen LogP contribution < -0.4 is 5.32 Å². The zero-order valence-electron chi connectivity index (χ0n) is 14.9. The Labute approximate surface area is 162 Å². The molecule has 2 atom stereocenters. The van der Waals surface area contributed by atoms with Gasteiger partial charge in [0.15, 0.2) is 12.2 Å². The van der Waals surface area contributed by atoms with Gasteiger partial charge >= 0.3 is 0 Å². The fourth-order valence-electron chi connectivity index (χ4n) is 2.34. The van der Waals surface area contributed by atoms with Crippen molar-refractivity contribution in [3.63, 3.8) is 0 Å². The Morgan fingerprint density at radius 1 is 1.15 bits per heavy atom. The van der Waals surface area contributed by atoms with Gasteiger partial charge in [-0.3, -0.25) is 14.6 Å². The number of amides is 2. The van der Waals surface area contributed by atoms with Crippen LogP contribution in [0.1, 0.15) is 11.3 Å². The molecule has 2 rings (SSSR count). The van der Waals surface area contributed by atoms with Crippen LogP contribution in [0.15, 0.2) is 48.7 Å². The van der Waals surface area contributed by atoms with Crippen LogP contribution in [0, 0.1) is 0 Å². The molecule has 27 heavy (non-hydrogen) atoms. The quantitative estimate of drug-likeness (QED) is 0.617. The van der Waals surface area contributed by atoms with Crippen molar-refractivity contribution in [1.82, 2.24) is 15.2 Å². The molecule has 0 aliphatic carbocycles. The molecule has 7 nitrogen and oxygen atoms in total. The van der Waals surface area contributed by atoms with E-state index in [0.29, 0.717) is 18.0 Å². The minimum atomic E-state index is -1.86.